The van der Waals surface area contributed by atoms with Crippen LogP contribution in [0.4, 0.5) is 0 Å². The highest BCUT2D eigenvalue weighted by molar-refractivity contribution is 7.47. The van der Waals surface area contributed by atoms with Crippen LogP contribution in [0.25, 0.3) is 0 Å². The predicted molar refractivity (Wildman–Crippen MR) is 395 cm³/mol. The molecule has 97 heavy (non-hydrogen) atoms. The van der Waals surface area contributed by atoms with E-state index in [0.717, 1.165) is 108 Å². The van der Waals surface area contributed by atoms with E-state index in [9.17, 15) is 43.2 Å². The lowest BCUT2D eigenvalue weighted by Crippen LogP contribution is -2.30. The lowest BCUT2D eigenvalue weighted by molar-refractivity contribution is -0.161. The van der Waals surface area contributed by atoms with Gasteiger partial charge in [-0.15, -0.1) is 0 Å². The second-order valence-corrected chi connectivity index (χ2v) is 32.2. The first-order valence-corrected chi connectivity index (χ1v) is 43.4. The molecule has 0 aromatic carbocycles. The Labute approximate surface area is 594 Å². The maximum Gasteiger partial charge on any atom is 0.472 e. The second kappa shape index (κ2) is 68.5. The lowest BCUT2D eigenvalue weighted by atomic mass is 9.99. The maximum absolute atomic E-state index is 13.1. The first kappa shape index (κ1) is 95.1. The monoisotopic (exact) mass is 1420 g/mol. The molecular formula is C78H152O17P2. The van der Waals surface area contributed by atoms with Crippen LogP contribution < -0.4 is 0 Å². The largest absolute Gasteiger partial charge is 0.472 e. The van der Waals surface area contributed by atoms with E-state index < -0.39 is 97.5 Å². The Kier molecular flexibility index (Phi) is 67.1. The van der Waals surface area contributed by atoms with Crippen LogP contribution in [0.1, 0.15) is 402 Å². The Bertz CT molecular complexity index is 1890. The first-order valence-electron chi connectivity index (χ1n) is 40.4. The van der Waals surface area contributed by atoms with Gasteiger partial charge in [0.1, 0.15) is 19.3 Å². The zero-order chi connectivity index (χ0) is 71.6. The Morgan fingerprint density at radius 2 is 0.526 bits per heavy atom. The van der Waals surface area contributed by atoms with Crippen LogP contribution in [0.3, 0.4) is 0 Å². The summed E-state index contributed by atoms with van der Waals surface area (Å²) in [6.45, 7) is 11.9. The van der Waals surface area contributed by atoms with Crippen LogP contribution >= 0.6 is 15.6 Å². The number of esters is 4. The van der Waals surface area contributed by atoms with Crippen LogP contribution in [0.2, 0.25) is 0 Å². The average Bonchev–Trinajstić information content (AvgIpc) is 1.73. The Morgan fingerprint density at radius 1 is 0.299 bits per heavy atom. The van der Waals surface area contributed by atoms with Gasteiger partial charge >= 0.3 is 39.5 Å². The highest BCUT2D eigenvalue weighted by atomic mass is 31.2. The number of ether oxygens (including phenoxy) is 4. The number of unbranched alkanes of at least 4 members (excludes halogenated alkanes) is 43. The molecule has 0 aromatic rings. The van der Waals surface area contributed by atoms with Gasteiger partial charge in [0.15, 0.2) is 12.2 Å². The Balaban J connectivity index is 5.21. The molecule has 0 amide bonds. The number of aliphatic hydroxyl groups excluding tert-OH is 1. The number of carbonyl (C=O) groups excluding carboxylic acids is 4. The Hall–Kier alpha value is -1.94. The third-order valence-electron chi connectivity index (χ3n) is 18.5. The van der Waals surface area contributed by atoms with Crippen molar-refractivity contribution in [3.8, 4) is 0 Å². The molecule has 0 spiro atoms. The van der Waals surface area contributed by atoms with E-state index in [1.807, 2.05) is 0 Å². The van der Waals surface area contributed by atoms with E-state index in [1.165, 1.54) is 212 Å². The molecule has 0 rings (SSSR count). The van der Waals surface area contributed by atoms with Gasteiger partial charge in [0.2, 0.25) is 0 Å². The predicted octanol–water partition coefficient (Wildman–Crippen LogP) is 23.0. The van der Waals surface area contributed by atoms with Crippen molar-refractivity contribution in [3.63, 3.8) is 0 Å². The zero-order valence-electron chi connectivity index (χ0n) is 63.5. The molecule has 0 saturated carbocycles. The van der Waals surface area contributed by atoms with Gasteiger partial charge in [-0.3, -0.25) is 37.3 Å². The molecule has 0 saturated heterocycles. The van der Waals surface area contributed by atoms with Crippen LogP contribution in [-0.2, 0) is 65.4 Å². The molecule has 576 valence electrons. The summed E-state index contributed by atoms with van der Waals surface area (Å²) in [5, 5.41) is 10.6. The molecule has 3 N–H and O–H groups in total. The van der Waals surface area contributed by atoms with Crippen LogP contribution in [0, 0.1) is 17.8 Å². The third kappa shape index (κ3) is 70.9. The van der Waals surface area contributed by atoms with E-state index in [2.05, 4.69) is 48.5 Å². The number of phosphoric ester groups is 2. The van der Waals surface area contributed by atoms with Crippen LogP contribution in [0.15, 0.2) is 0 Å². The maximum atomic E-state index is 13.1. The minimum absolute atomic E-state index is 0.105. The standard InChI is InChI=1S/C78H152O17P2/c1-8-10-11-12-13-14-23-30-38-45-52-59-75(80)88-66-74(95-78(83)62-55-48-41-34-33-36-43-50-57-70(5)6)68-93-97(86,87)91-64-72(79)63-90-96(84,85)92-67-73(65-89-76(81)60-53-46-39-31-27-26-29-37-44-51-58-71(7)9-2)94-77(82)61-54-47-40-32-25-22-20-18-16-15-17-19-21-24-28-35-42-49-56-69(3)4/h69-74,79H,8-68H2,1-7H3,(H,84,85)(H,86,87)/t71?,72-,73-,74-/m1/s1. The highest BCUT2D eigenvalue weighted by Gasteiger charge is 2.30. The van der Waals surface area contributed by atoms with Gasteiger partial charge in [-0.2, -0.15) is 0 Å². The van der Waals surface area contributed by atoms with Gasteiger partial charge < -0.3 is 33.8 Å². The third-order valence-corrected chi connectivity index (χ3v) is 20.4. The number of aliphatic hydroxyl groups is 1. The minimum atomic E-state index is -4.96. The van der Waals surface area contributed by atoms with Gasteiger partial charge in [-0.05, 0) is 43.4 Å². The molecule has 0 aliphatic carbocycles. The minimum Gasteiger partial charge on any atom is -0.462 e. The molecule has 19 heteroatoms. The smallest absolute Gasteiger partial charge is 0.462 e. The summed E-state index contributed by atoms with van der Waals surface area (Å²) in [6.07, 6.45) is 55.5. The molecule has 0 heterocycles. The SMILES string of the molecule is CCCCCCCCCCCCCC(=O)OC[C@H](COP(=O)(O)OC[C@H](O)COP(=O)(O)OC[C@@H](COC(=O)CCCCCCCCCCCCC(C)CC)OC(=O)CCCCCCCCCCCCCCCCCCCCC(C)C)OC(=O)CCCCCCCCCCC(C)C. The summed E-state index contributed by atoms with van der Waals surface area (Å²) in [5.41, 5.74) is 0. The molecule has 0 aliphatic rings. The molecular weight excluding hydrogens is 1270 g/mol. The molecule has 0 bridgehead atoms. The van der Waals surface area contributed by atoms with Gasteiger partial charge in [0, 0.05) is 25.7 Å². The van der Waals surface area contributed by atoms with Crippen molar-refractivity contribution in [2.75, 3.05) is 39.6 Å². The average molecular weight is 1420 g/mol. The van der Waals surface area contributed by atoms with E-state index in [4.69, 9.17) is 37.0 Å². The summed E-state index contributed by atoms with van der Waals surface area (Å²) < 4.78 is 68.6. The van der Waals surface area contributed by atoms with Crippen molar-refractivity contribution in [1.29, 1.82) is 0 Å². The number of hydrogen-bond acceptors (Lipinski definition) is 15. The quantitative estimate of drug-likeness (QED) is 0.0222. The molecule has 0 aliphatic heterocycles. The summed E-state index contributed by atoms with van der Waals surface area (Å²) in [7, 11) is -9.91. The van der Waals surface area contributed by atoms with Crippen molar-refractivity contribution in [1.82, 2.24) is 0 Å². The van der Waals surface area contributed by atoms with E-state index >= 15 is 0 Å². The van der Waals surface area contributed by atoms with E-state index in [0.29, 0.717) is 25.7 Å². The highest BCUT2D eigenvalue weighted by Crippen LogP contribution is 2.45. The fourth-order valence-corrected chi connectivity index (χ4v) is 13.5. The molecule has 17 nitrogen and oxygen atoms in total. The fraction of sp³-hybridized carbons (Fsp3) is 0.949. The van der Waals surface area contributed by atoms with Gasteiger partial charge in [0.25, 0.3) is 0 Å². The first-order chi connectivity index (χ1) is 46.8. The number of rotatable bonds is 76. The normalized spacial score (nSPS) is 14.3. The summed E-state index contributed by atoms with van der Waals surface area (Å²) in [4.78, 5) is 72.9. The summed E-state index contributed by atoms with van der Waals surface area (Å²) >= 11 is 0. The summed E-state index contributed by atoms with van der Waals surface area (Å²) in [6, 6.07) is 0. The van der Waals surface area contributed by atoms with E-state index in [1.54, 1.807) is 0 Å². The van der Waals surface area contributed by atoms with Crippen molar-refractivity contribution in [2.24, 2.45) is 17.8 Å². The van der Waals surface area contributed by atoms with Crippen molar-refractivity contribution in [3.05, 3.63) is 0 Å². The zero-order valence-corrected chi connectivity index (χ0v) is 65.3. The number of carbonyl (C=O) groups is 4. The van der Waals surface area contributed by atoms with Crippen molar-refractivity contribution >= 4 is 39.5 Å². The Morgan fingerprint density at radius 3 is 0.784 bits per heavy atom. The van der Waals surface area contributed by atoms with Crippen LogP contribution in [0.5, 0.6) is 0 Å². The van der Waals surface area contributed by atoms with Gasteiger partial charge in [-0.1, -0.05) is 350 Å². The number of hydrogen-bond donors (Lipinski definition) is 3. The number of phosphoric acid groups is 2. The fourth-order valence-electron chi connectivity index (χ4n) is 11.9. The molecule has 0 aromatic heterocycles. The lowest BCUT2D eigenvalue weighted by Gasteiger charge is -2.21. The molecule has 3 unspecified atom stereocenters. The van der Waals surface area contributed by atoms with Crippen LogP contribution in [-0.4, -0.2) is 96.7 Å². The molecule has 0 radical (unpaired) electrons. The molecule has 0 fully saturated rings. The van der Waals surface area contributed by atoms with E-state index in [-0.39, 0.29) is 25.7 Å². The van der Waals surface area contributed by atoms with Gasteiger partial charge in [0.05, 0.1) is 26.4 Å². The molecule has 6 atom stereocenters. The summed E-state index contributed by atoms with van der Waals surface area (Å²) in [5.74, 6) is 0.232. The van der Waals surface area contributed by atoms with Crippen molar-refractivity contribution < 1.29 is 80.2 Å². The van der Waals surface area contributed by atoms with Crippen molar-refractivity contribution in [2.45, 2.75) is 420 Å². The topological polar surface area (TPSA) is 237 Å². The van der Waals surface area contributed by atoms with Gasteiger partial charge in [-0.25, -0.2) is 9.13 Å². The second-order valence-electron chi connectivity index (χ2n) is 29.3.